The van der Waals surface area contributed by atoms with E-state index in [4.69, 9.17) is 4.74 Å². The number of phosphoric acid groups is 1. The zero-order valence-corrected chi connectivity index (χ0v) is 24.3. The molecule has 0 heterocycles. The summed E-state index contributed by atoms with van der Waals surface area (Å²) < 4.78 is 26.3. The molecule has 0 amide bonds. The highest BCUT2D eigenvalue weighted by Crippen LogP contribution is 2.47. The number of rotatable bonds is 21. The molecule has 1 aliphatic carbocycles. The zero-order chi connectivity index (χ0) is 30.0. The number of hydrogen-bond donors (Lipinski definition) is 7. The number of unbranched alkanes of at least 4 members (excludes halogenated alkanes) is 8. The number of allylic oxidation sites excluding steroid dienone is 4. The van der Waals surface area contributed by atoms with Gasteiger partial charge in [-0.05, 0) is 38.5 Å². The maximum atomic E-state index is 12.1. The number of phosphoric ester groups is 1. The van der Waals surface area contributed by atoms with Gasteiger partial charge in [0.2, 0.25) is 0 Å². The van der Waals surface area contributed by atoms with Crippen LogP contribution in [0.1, 0.15) is 84.0 Å². The number of ether oxygens (including phenoxy) is 1. The van der Waals surface area contributed by atoms with E-state index in [2.05, 4.69) is 40.3 Å². The molecular weight excluding hydrogens is 547 g/mol. The molecule has 12 nitrogen and oxygen atoms in total. The average Bonchev–Trinajstić information content (AvgIpc) is 2.93. The molecule has 0 aromatic heterocycles. The standard InChI is InChI=1S/C27H49O12P/c1-2-3-4-5-6-7-8-9-10-11-12-13-14-15-16-17-21(29)37-18-20(28)19-38-40(35,36)39-27-25(33)23(31)22(30)24(32)26(27)34/h6-7,9-10,20,22-28,30-34H,2-5,8,11-19H2,1H3,(H,35,36)/t20-,22?,23-,24+,25+,26+,27?/m0/s1. The second-order valence-electron chi connectivity index (χ2n) is 10.1. The highest BCUT2D eigenvalue weighted by Gasteiger charge is 2.51. The van der Waals surface area contributed by atoms with Crippen LogP contribution in [0.3, 0.4) is 0 Å². The van der Waals surface area contributed by atoms with E-state index in [0.717, 1.165) is 44.9 Å². The van der Waals surface area contributed by atoms with Crippen LogP contribution in [0.4, 0.5) is 0 Å². The molecule has 0 aliphatic heterocycles. The highest BCUT2D eigenvalue weighted by atomic mass is 31.2. The van der Waals surface area contributed by atoms with Gasteiger partial charge < -0.3 is 40.3 Å². The van der Waals surface area contributed by atoms with Crippen LogP contribution in [-0.2, 0) is 23.1 Å². The van der Waals surface area contributed by atoms with Crippen LogP contribution in [0, 0.1) is 0 Å². The van der Waals surface area contributed by atoms with Crippen molar-refractivity contribution in [3.8, 4) is 0 Å². The molecule has 0 radical (unpaired) electrons. The van der Waals surface area contributed by atoms with Crippen molar-refractivity contribution in [3.05, 3.63) is 24.3 Å². The fraction of sp³-hybridized carbons (Fsp3) is 0.815. The molecule has 13 heteroatoms. The summed E-state index contributed by atoms with van der Waals surface area (Å²) in [6.07, 6.45) is 7.40. The molecule has 0 aromatic rings. The summed E-state index contributed by atoms with van der Waals surface area (Å²) in [5.74, 6) is -0.525. The molecule has 1 fully saturated rings. The van der Waals surface area contributed by atoms with E-state index in [1.165, 1.54) is 19.3 Å². The van der Waals surface area contributed by atoms with Gasteiger partial charge in [-0.15, -0.1) is 0 Å². The van der Waals surface area contributed by atoms with Crippen molar-refractivity contribution >= 4 is 13.8 Å². The van der Waals surface area contributed by atoms with Crippen LogP contribution in [-0.4, -0.2) is 97.4 Å². The fourth-order valence-electron chi connectivity index (χ4n) is 4.08. The second-order valence-corrected chi connectivity index (χ2v) is 11.5. The summed E-state index contributed by atoms with van der Waals surface area (Å²) in [7, 11) is -4.99. The summed E-state index contributed by atoms with van der Waals surface area (Å²) in [5, 5.41) is 58.5. The molecule has 1 saturated carbocycles. The number of carbonyl (C=O) groups excluding carboxylic acids is 1. The lowest BCUT2D eigenvalue weighted by atomic mass is 9.85. The van der Waals surface area contributed by atoms with Gasteiger partial charge in [0.15, 0.2) is 0 Å². The molecule has 8 atom stereocenters. The normalized spacial score (nSPS) is 27.7. The Balaban J connectivity index is 2.11. The molecule has 3 unspecified atom stereocenters. The first-order valence-corrected chi connectivity index (χ1v) is 15.7. The predicted octanol–water partition coefficient (Wildman–Crippen LogP) is 2.02. The largest absolute Gasteiger partial charge is 0.472 e. The minimum Gasteiger partial charge on any atom is -0.463 e. The lowest BCUT2D eigenvalue weighted by molar-refractivity contribution is -0.220. The topological polar surface area (TPSA) is 203 Å². The monoisotopic (exact) mass is 596 g/mol. The Morgan fingerprint density at radius 3 is 1.90 bits per heavy atom. The quantitative estimate of drug-likeness (QED) is 0.0440. The van der Waals surface area contributed by atoms with Gasteiger partial charge in [-0.1, -0.05) is 63.3 Å². The van der Waals surface area contributed by atoms with E-state index in [-0.39, 0.29) is 6.42 Å². The summed E-state index contributed by atoms with van der Waals surface area (Å²) in [6, 6.07) is 0. The van der Waals surface area contributed by atoms with Crippen LogP contribution in [0.2, 0.25) is 0 Å². The van der Waals surface area contributed by atoms with Crippen molar-refractivity contribution in [2.75, 3.05) is 13.2 Å². The Labute approximate surface area is 236 Å². The molecule has 0 spiro atoms. The molecular formula is C27H49O12P. The van der Waals surface area contributed by atoms with Crippen molar-refractivity contribution in [2.45, 2.75) is 127 Å². The number of aliphatic hydroxyl groups excluding tert-OH is 6. The van der Waals surface area contributed by atoms with Crippen LogP contribution in [0.5, 0.6) is 0 Å². The maximum Gasteiger partial charge on any atom is 0.472 e. The molecule has 0 saturated heterocycles. The zero-order valence-electron chi connectivity index (χ0n) is 23.4. The third-order valence-corrected chi connectivity index (χ3v) is 7.51. The van der Waals surface area contributed by atoms with E-state index in [1.54, 1.807) is 0 Å². The first-order chi connectivity index (χ1) is 19.0. The van der Waals surface area contributed by atoms with E-state index in [1.807, 2.05) is 0 Å². The number of aliphatic hydroxyl groups is 6. The summed E-state index contributed by atoms with van der Waals surface area (Å²) in [4.78, 5) is 21.7. The van der Waals surface area contributed by atoms with E-state index >= 15 is 0 Å². The Morgan fingerprint density at radius 2 is 1.30 bits per heavy atom. The Morgan fingerprint density at radius 1 is 0.775 bits per heavy atom. The minimum absolute atomic E-state index is 0.174. The average molecular weight is 597 g/mol. The van der Waals surface area contributed by atoms with Gasteiger partial charge in [-0.25, -0.2) is 4.57 Å². The van der Waals surface area contributed by atoms with Gasteiger partial charge in [0.25, 0.3) is 0 Å². The van der Waals surface area contributed by atoms with Crippen LogP contribution >= 0.6 is 7.82 Å². The number of esters is 1. The first-order valence-electron chi connectivity index (χ1n) is 14.2. The summed E-state index contributed by atoms with van der Waals surface area (Å²) in [5.41, 5.74) is 0. The van der Waals surface area contributed by atoms with E-state index < -0.39 is 69.7 Å². The van der Waals surface area contributed by atoms with Gasteiger partial charge in [0.1, 0.15) is 49.3 Å². The molecule has 234 valence electrons. The Hall–Kier alpha value is -1.18. The lowest BCUT2D eigenvalue weighted by Crippen LogP contribution is -2.64. The smallest absolute Gasteiger partial charge is 0.463 e. The number of hydrogen-bond acceptors (Lipinski definition) is 11. The Bertz CT molecular complexity index is 775. The maximum absolute atomic E-state index is 12.1. The first kappa shape index (κ1) is 36.8. The summed E-state index contributed by atoms with van der Waals surface area (Å²) in [6.45, 7) is 0.932. The summed E-state index contributed by atoms with van der Waals surface area (Å²) >= 11 is 0. The number of carbonyl (C=O) groups is 1. The van der Waals surface area contributed by atoms with Crippen LogP contribution in [0.15, 0.2) is 24.3 Å². The van der Waals surface area contributed by atoms with Crippen molar-refractivity contribution in [1.29, 1.82) is 0 Å². The van der Waals surface area contributed by atoms with Crippen LogP contribution < -0.4 is 0 Å². The van der Waals surface area contributed by atoms with Crippen molar-refractivity contribution in [3.63, 3.8) is 0 Å². The molecule has 1 rings (SSSR count). The molecule has 0 bridgehead atoms. The third kappa shape index (κ3) is 15.2. The molecule has 0 aromatic carbocycles. The van der Waals surface area contributed by atoms with Crippen molar-refractivity contribution < 1.29 is 58.7 Å². The molecule has 1 aliphatic rings. The molecule has 7 N–H and O–H groups in total. The van der Waals surface area contributed by atoms with Gasteiger partial charge in [0, 0.05) is 6.42 Å². The highest BCUT2D eigenvalue weighted by molar-refractivity contribution is 7.47. The Kier molecular flexibility index (Phi) is 19.0. The van der Waals surface area contributed by atoms with Crippen LogP contribution in [0.25, 0.3) is 0 Å². The van der Waals surface area contributed by atoms with E-state index in [0.29, 0.717) is 6.42 Å². The van der Waals surface area contributed by atoms with Crippen molar-refractivity contribution in [1.82, 2.24) is 0 Å². The second kappa shape index (κ2) is 20.7. The fourth-order valence-corrected chi connectivity index (χ4v) is 5.05. The molecule has 40 heavy (non-hydrogen) atoms. The lowest BCUT2D eigenvalue weighted by Gasteiger charge is -2.41. The minimum atomic E-state index is -4.99. The predicted molar refractivity (Wildman–Crippen MR) is 147 cm³/mol. The van der Waals surface area contributed by atoms with Gasteiger partial charge in [-0.2, -0.15) is 0 Å². The van der Waals surface area contributed by atoms with Gasteiger partial charge in [0.05, 0.1) is 6.61 Å². The van der Waals surface area contributed by atoms with E-state index in [9.17, 15) is 44.9 Å². The SMILES string of the molecule is CCCCCC=CCC=CCCCCCCCC(=O)OC[C@H](O)COP(=O)(O)OC1[C@H](O)[C@H](O)C(O)[C@H](O)[C@H]1O. The van der Waals surface area contributed by atoms with Gasteiger partial charge in [-0.3, -0.25) is 13.8 Å². The van der Waals surface area contributed by atoms with Crippen molar-refractivity contribution in [2.24, 2.45) is 0 Å². The van der Waals surface area contributed by atoms with Gasteiger partial charge >= 0.3 is 13.8 Å². The third-order valence-electron chi connectivity index (χ3n) is 6.53.